The van der Waals surface area contributed by atoms with E-state index >= 15 is 0 Å². The Bertz CT molecular complexity index is 1330. The highest BCUT2D eigenvalue weighted by molar-refractivity contribution is 7.14. The number of morpholine rings is 1. The molecule has 3 aromatic rings. The summed E-state index contributed by atoms with van der Waals surface area (Å²) in [5.41, 5.74) is 2.70. The van der Waals surface area contributed by atoms with Crippen molar-refractivity contribution in [3.05, 3.63) is 59.0 Å². The Morgan fingerprint density at radius 1 is 1.18 bits per heavy atom. The predicted molar refractivity (Wildman–Crippen MR) is 147 cm³/mol. The zero-order chi connectivity index (χ0) is 26.9. The number of aliphatic hydroxyl groups is 1. The first-order valence-electron chi connectivity index (χ1n) is 12.7. The molecule has 2 amide bonds. The van der Waals surface area contributed by atoms with Crippen LogP contribution >= 0.6 is 11.3 Å². The van der Waals surface area contributed by atoms with E-state index in [1.165, 1.54) is 11.3 Å². The van der Waals surface area contributed by atoms with Gasteiger partial charge in [0.1, 0.15) is 5.75 Å². The summed E-state index contributed by atoms with van der Waals surface area (Å²) in [4.78, 5) is 32.1. The van der Waals surface area contributed by atoms with Crippen LogP contribution in [0.3, 0.4) is 0 Å². The van der Waals surface area contributed by atoms with Crippen LogP contribution in [0.4, 0.5) is 10.8 Å². The zero-order valence-electron chi connectivity index (χ0n) is 21.7. The maximum absolute atomic E-state index is 12.7. The van der Waals surface area contributed by atoms with Crippen LogP contribution in [0.2, 0.25) is 0 Å². The van der Waals surface area contributed by atoms with Gasteiger partial charge in [-0.15, -0.1) is 11.3 Å². The summed E-state index contributed by atoms with van der Waals surface area (Å²) < 4.78 is 11.4. The zero-order valence-corrected chi connectivity index (χ0v) is 22.5. The highest BCUT2D eigenvalue weighted by atomic mass is 32.1. The molecular formula is C28H32N4O5S. The van der Waals surface area contributed by atoms with Crippen LogP contribution in [0, 0.1) is 0 Å². The first-order chi connectivity index (χ1) is 18.2. The highest BCUT2D eigenvalue weighted by Gasteiger charge is 2.31. The standard InChI is InChI=1S/C28H32N4O5S/c1-17-14-32(15-18(2)37-17)21-6-4-5-19(11-21)23-16-38-27(30-23)31-25(33)13-29-26(34)20-7-8-24-22(12-20)28(3,35)9-10-36-24/h4-8,11-12,16-18,35H,9-10,13-15H2,1-3H3,(H,29,34)(H,30,31,33)/t17-,18+,28?. The van der Waals surface area contributed by atoms with Crippen molar-refractivity contribution in [2.75, 3.05) is 36.5 Å². The van der Waals surface area contributed by atoms with E-state index in [2.05, 4.69) is 46.5 Å². The molecule has 38 heavy (non-hydrogen) atoms. The van der Waals surface area contributed by atoms with Crippen LogP contribution in [0.15, 0.2) is 47.8 Å². The molecule has 10 heteroatoms. The van der Waals surface area contributed by atoms with Gasteiger partial charge >= 0.3 is 0 Å². The van der Waals surface area contributed by atoms with E-state index in [0.29, 0.717) is 35.0 Å². The summed E-state index contributed by atoms with van der Waals surface area (Å²) in [6, 6.07) is 13.1. The van der Waals surface area contributed by atoms with Crippen molar-refractivity contribution in [1.82, 2.24) is 10.3 Å². The lowest BCUT2D eigenvalue weighted by Gasteiger charge is -2.37. The molecule has 1 saturated heterocycles. The Morgan fingerprint density at radius 2 is 1.97 bits per heavy atom. The van der Waals surface area contributed by atoms with Crippen molar-refractivity contribution in [3.8, 4) is 17.0 Å². The molecule has 200 valence electrons. The van der Waals surface area contributed by atoms with Gasteiger partial charge in [0.05, 0.1) is 36.7 Å². The first-order valence-corrected chi connectivity index (χ1v) is 13.6. The van der Waals surface area contributed by atoms with Crippen molar-refractivity contribution in [2.45, 2.75) is 45.0 Å². The van der Waals surface area contributed by atoms with Gasteiger partial charge in [0, 0.05) is 47.3 Å². The first kappa shape index (κ1) is 26.1. The SMILES string of the molecule is C[C@@H]1CN(c2cccc(-c3csc(NC(=O)CNC(=O)c4ccc5c(c4)C(C)(O)CCO5)n3)c2)C[C@H](C)O1. The molecule has 0 bridgehead atoms. The van der Waals surface area contributed by atoms with E-state index in [9.17, 15) is 14.7 Å². The van der Waals surface area contributed by atoms with Gasteiger partial charge in [-0.1, -0.05) is 12.1 Å². The van der Waals surface area contributed by atoms with E-state index in [1.807, 2.05) is 17.5 Å². The van der Waals surface area contributed by atoms with Crippen molar-refractivity contribution >= 4 is 34.0 Å². The third kappa shape index (κ3) is 5.82. The van der Waals surface area contributed by atoms with Gasteiger partial charge in [0.25, 0.3) is 5.91 Å². The molecule has 1 aromatic heterocycles. The number of carbonyl (C=O) groups is 2. The number of benzene rings is 2. The predicted octanol–water partition coefficient (Wildman–Crippen LogP) is 3.78. The lowest BCUT2D eigenvalue weighted by molar-refractivity contribution is -0.115. The fourth-order valence-corrected chi connectivity index (χ4v) is 5.59. The van der Waals surface area contributed by atoms with E-state index in [1.54, 1.807) is 25.1 Å². The fraction of sp³-hybridized carbons (Fsp3) is 0.393. The van der Waals surface area contributed by atoms with Gasteiger partial charge in [-0.2, -0.15) is 0 Å². The molecule has 1 fully saturated rings. The minimum atomic E-state index is -1.07. The van der Waals surface area contributed by atoms with Crippen LogP contribution in [0.25, 0.3) is 11.3 Å². The normalized spacial score (nSPS) is 22.8. The summed E-state index contributed by atoms with van der Waals surface area (Å²) in [5.74, 6) is -0.222. The fourth-order valence-electron chi connectivity index (χ4n) is 4.85. The summed E-state index contributed by atoms with van der Waals surface area (Å²) in [6.07, 6.45) is 0.777. The number of ether oxygens (including phenoxy) is 2. The average Bonchev–Trinajstić information content (AvgIpc) is 3.35. The highest BCUT2D eigenvalue weighted by Crippen LogP contribution is 2.37. The molecule has 0 aliphatic carbocycles. The summed E-state index contributed by atoms with van der Waals surface area (Å²) >= 11 is 1.33. The van der Waals surface area contributed by atoms with E-state index < -0.39 is 11.5 Å². The maximum Gasteiger partial charge on any atom is 0.251 e. The van der Waals surface area contributed by atoms with Gasteiger partial charge < -0.3 is 30.1 Å². The van der Waals surface area contributed by atoms with Gasteiger partial charge in [-0.05, 0) is 51.1 Å². The molecule has 2 aliphatic heterocycles. The Balaban J connectivity index is 1.18. The molecule has 0 saturated carbocycles. The molecule has 3 heterocycles. The number of hydrogen-bond donors (Lipinski definition) is 3. The second-order valence-corrected chi connectivity index (χ2v) is 10.9. The summed E-state index contributed by atoms with van der Waals surface area (Å²) in [5, 5.41) is 18.4. The van der Waals surface area contributed by atoms with Crippen molar-refractivity contribution < 1.29 is 24.2 Å². The number of thiazole rings is 1. The quantitative estimate of drug-likeness (QED) is 0.439. The molecule has 5 rings (SSSR count). The number of carbonyl (C=O) groups excluding carboxylic acids is 2. The van der Waals surface area contributed by atoms with Crippen molar-refractivity contribution in [2.24, 2.45) is 0 Å². The second kappa shape index (κ2) is 10.7. The number of aromatic nitrogens is 1. The molecule has 0 spiro atoms. The topological polar surface area (TPSA) is 113 Å². The number of fused-ring (bicyclic) bond motifs is 1. The van der Waals surface area contributed by atoms with Crippen LogP contribution in [0.1, 0.15) is 43.1 Å². The van der Waals surface area contributed by atoms with Crippen LogP contribution in [0.5, 0.6) is 5.75 Å². The van der Waals surface area contributed by atoms with E-state index in [-0.39, 0.29) is 24.7 Å². The minimum absolute atomic E-state index is 0.167. The summed E-state index contributed by atoms with van der Waals surface area (Å²) in [6.45, 7) is 7.73. The van der Waals surface area contributed by atoms with Crippen LogP contribution in [-0.4, -0.2) is 60.4 Å². The maximum atomic E-state index is 12.7. The average molecular weight is 537 g/mol. The third-order valence-electron chi connectivity index (χ3n) is 6.76. The number of hydrogen-bond acceptors (Lipinski definition) is 8. The van der Waals surface area contributed by atoms with Crippen molar-refractivity contribution in [3.63, 3.8) is 0 Å². The van der Waals surface area contributed by atoms with E-state index in [4.69, 9.17) is 9.47 Å². The molecule has 1 unspecified atom stereocenters. The number of nitrogens with zero attached hydrogens (tertiary/aromatic N) is 2. The summed E-state index contributed by atoms with van der Waals surface area (Å²) in [7, 11) is 0. The molecule has 2 aliphatic rings. The number of anilines is 2. The number of amides is 2. The number of nitrogens with one attached hydrogen (secondary N) is 2. The van der Waals surface area contributed by atoms with Gasteiger partial charge in [0.2, 0.25) is 5.91 Å². The van der Waals surface area contributed by atoms with E-state index in [0.717, 1.165) is 30.0 Å². The lowest BCUT2D eigenvalue weighted by Crippen LogP contribution is -2.45. The van der Waals surface area contributed by atoms with Gasteiger partial charge in [-0.3, -0.25) is 9.59 Å². The Kier molecular flexibility index (Phi) is 7.38. The Morgan fingerprint density at radius 3 is 2.76 bits per heavy atom. The van der Waals surface area contributed by atoms with Gasteiger partial charge in [0.15, 0.2) is 5.13 Å². The minimum Gasteiger partial charge on any atom is -0.493 e. The molecule has 3 N–H and O–H groups in total. The Hall–Kier alpha value is -3.47. The molecule has 2 aromatic carbocycles. The largest absolute Gasteiger partial charge is 0.493 e. The lowest BCUT2D eigenvalue weighted by atomic mass is 9.89. The Labute approximate surface area is 225 Å². The molecule has 0 radical (unpaired) electrons. The smallest absolute Gasteiger partial charge is 0.251 e. The second-order valence-electron chi connectivity index (χ2n) is 10.1. The van der Waals surface area contributed by atoms with Crippen LogP contribution in [-0.2, 0) is 15.1 Å². The van der Waals surface area contributed by atoms with Crippen molar-refractivity contribution in [1.29, 1.82) is 0 Å². The molecular weight excluding hydrogens is 504 g/mol. The van der Waals surface area contributed by atoms with Crippen LogP contribution < -0.4 is 20.3 Å². The molecule has 3 atom stereocenters. The third-order valence-corrected chi connectivity index (χ3v) is 7.51. The van der Waals surface area contributed by atoms with Gasteiger partial charge in [-0.25, -0.2) is 4.98 Å². The monoisotopic (exact) mass is 536 g/mol. The number of rotatable bonds is 6. The molecule has 9 nitrogen and oxygen atoms in total.